The molecule has 0 saturated carbocycles. The van der Waals surface area contributed by atoms with Gasteiger partial charge in [0.1, 0.15) is 18.3 Å². The van der Waals surface area contributed by atoms with E-state index in [9.17, 15) is 18.0 Å². The van der Waals surface area contributed by atoms with Crippen LogP contribution in [0.15, 0.2) is 77.7 Å². The van der Waals surface area contributed by atoms with Crippen LogP contribution in [0.1, 0.15) is 30.5 Å². The predicted octanol–water partition coefficient (Wildman–Crippen LogP) is 3.92. The predicted molar refractivity (Wildman–Crippen MR) is 149 cm³/mol. The van der Waals surface area contributed by atoms with Gasteiger partial charge in [-0.05, 0) is 61.7 Å². The van der Waals surface area contributed by atoms with E-state index in [2.05, 4.69) is 5.32 Å². The summed E-state index contributed by atoms with van der Waals surface area (Å²) in [4.78, 5) is 27.9. The molecule has 0 spiro atoms. The van der Waals surface area contributed by atoms with Gasteiger partial charge in [0.25, 0.3) is 10.0 Å². The molecule has 0 aromatic heterocycles. The van der Waals surface area contributed by atoms with Gasteiger partial charge in [-0.25, -0.2) is 8.42 Å². The smallest absolute Gasteiger partial charge is 0.264 e. The number of benzene rings is 3. The first-order valence-electron chi connectivity index (χ1n) is 12.4. The zero-order chi connectivity index (χ0) is 27.9. The number of amides is 2. The lowest BCUT2D eigenvalue weighted by atomic mass is 10.1. The summed E-state index contributed by atoms with van der Waals surface area (Å²) >= 11 is 0. The summed E-state index contributed by atoms with van der Waals surface area (Å²) in [5.41, 5.74) is 2.92. The fraction of sp³-hybridized carbons (Fsp3) is 0.310. The Kier molecular flexibility index (Phi) is 9.52. The molecule has 0 fully saturated rings. The first-order valence-corrected chi connectivity index (χ1v) is 13.9. The minimum absolute atomic E-state index is 0.0860. The highest BCUT2D eigenvalue weighted by Gasteiger charge is 2.33. The number of carbonyl (C=O) groups excluding carboxylic acids is 2. The van der Waals surface area contributed by atoms with E-state index >= 15 is 0 Å². The molecule has 3 aromatic carbocycles. The van der Waals surface area contributed by atoms with Crippen molar-refractivity contribution in [3.63, 3.8) is 0 Å². The normalized spacial score (nSPS) is 11.9. The summed E-state index contributed by atoms with van der Waals surface area (Å²) in [7, 11) is -1.03. The number of nitrogens with zero attached hydrogens (tertiary/aromatic N) is 2. The van der Waals surface area contributed by atoms with Crippen molar-refractivity contribution in [3.8, 4) is 5.75 Å². The number of aryl methyl sites for hydroxylation is 2. The number of rotatable bonds is 11. The quantitative estimate of drug-likeness (QED) is 0.400. The minimum atomic E-state index is -4.10. The van der Waals surface area contributed by atoms with Gasteiger partial charge in [0.05, 0.1) is 17.7 Å². The van der Waals surface area contributed by atoms with E-state index in [1.54, 1.807) is 62.6 Å². The summed E-state index contributed by atoms with van der Waals surface area (Å²) < 4.78 is 34.2. The number of nitrogens with one attached hydrogen (secondary N) is 1. The van der Waals surface area contributed by atoms with Gasteiger partial charge < -0.3 is 15.0 Å². The molecule has 0 heterocycles. The number of sulfonamides is 1. The Hall–Kier alpha value is -3.85. The highest BCUT2D eigenvalue weighted by molar-refractivity contribution is 7.92. The van der Waals surface area contributed by atoms with Crippen LogP contribution < -0.4 is 14.4 Å². The van der Waals surface area contributed by atoms with Crippen molar-refractivity contribution in [1.29, 1.82) is 0 Å². The molecule has 0 saturated heterocycles. The van der Waals surface area contributed by atoms with Crippen molar-refractivity contribution in [1.82, 2.24) is 10.2 Å². The summed E-state index contributed by atoms with van der Waals surface area (Å²) in [6.45, 7) is 5.08. The Balaban J connectivity index is 2.05. The highest BCUT2D eigenvalue weighted by Crippen LogP contribution is 2.28. The maximum absolute atomic E-state index is 13.9. The third kappa shape index (κ3) is 6.52. The Morgan fingerprint density at radius 3 is 2.18 bits per heavy atom. The van der Waals surface area contributed by atoms with Crippen LogP contribution >= 0.6 is 0 Å². The molecule has 0 aliphatic rings. The molecule has 8 nitrogen and oxygen atoms in total. The maximum Gasteiger partial charge on any atom is 0.264 e. The number of methoxy groups -OCH3 is 1. The second kappa shape index (κ2) is 12.6. The molecular weight excluding hydrogens is 502 g/mol. The van der Waals surface area contributed by atoms with E-state index in [1.807, 2.05) is 38.1 Å². The van der Waals surface area contributed by atoms with Gasteiger partial charge in [-0.15, -0.1) is 0 Å². The Labute approximate surface area is 225 Å². The zero-order valence-electron chi connectivity index (χ0n) is 22.5. The van der Waals surface area contributed by atoms with Crippen molar-refractivity contribution in [2.45, 2.75) is 44.7 Å². The molecule has 0 radical (unpaired) electrons. The molecule has 1 N–H and O–H groups in total. The molecular formula is C29H35N3O5S. The van der Waals surface area contributed by atoms with E-state index < -0.39 is 28.5 Å². The van der Waals surface area contributed by atoms with Gasteiger partial charge in [-0.3, -0.25) is 13.9 Å². The molecule has 3 rings (SSSR count). The second-order valence-corrected chi connectivity index (χ2v) is 10.8. The largest absolute Gasteiger partial charge is 0.497 e. The Bertz CT molecular complexity index is 1360. The number of likely N-dealkylation sites (N-methyl/N-ethyl adjacent to an activating group) is 1. The number of hydrogen-bond acceptors (Lipinski definition) is 5. The molecule has 0 bridgehead atoms. The zero-order valence-corrected chi connectivity index (χ0v) is 23.3. The average molecular weight is 538 g/mol. The monoisotopic (exact) mass is 537 g/mol. The third-order valence-corrected chi connectivity index (χ3v) is 8.23. The lowest BCUT2D eigenvalue weighted by molar-refractivity contribution is -0.139. The first kappa shape index (κ1) is 28.7. The molecule has 0 unspecified atom stereocenters. The van der Waals surface area contributed by atoms with Crippen molar-refractivity contribution in [3.05, 3.63) is 89.5 Å². The van der Waals surface area contributed by atoms with Crippen molar-refractivity contribution in [2.75, 3.05) is 25.0 Å². The van der Waals surface area contributed by atoms with Crippen LogP contribution in [0.25, 0.3) is 0 Å². The number of hydrogen-bond donors (Lipinski definition) is 1. The number of ether oxygens (including phenoxy) is 1. The SMILES string of the molecule is CCc1ccccc1N(CC(=O)N(Cc1ccc(OC)cc1)[C@H](C)C(=O)NC)S(=O)(=O)c1ccc(C)cc1. The van der Waals surface area contributed by atoms with Gasteiger partial charge in [-0.2, -0.15) is 0 Å². The van der Waals surface area contributed by atoms with E-state index in [1.165, 1.54) is 11.9 Å². The minimum Gasteiger partial charge on any atom is -0.497 e. The maximum atomic E-state index is 13.9. The molecule has 202 valence electrons. The third-order valence-electron chi connectivity index (χ3n) is 6.45. The van der Waals surface area contributed by atoms with Crippen molar-refractivity contribution < 1.29 is 22.7 Å². The topological polar surface area (TPSA) is 96.0 Å². The molecule has 9 heteroatoms. The summed E-state index contributed by atoms with van der Waals surface area (Å²) in [6, 6.07) is 20.0. The molecule has 0 aliphatic carbocycles. The highest BCUT2D eigenvalue weighted by atomic mass is 32.2. The van der Waals surface area contributed by atoms with Crippen LogP contribution in [0.2, 0.25) is 0 Å². The lowest BCUT2D eigenvalue weighted by Crippen LogP contribution is -2.50. The summed E-state index contributed by atoms with van der Waals surface area (Å²) in [5, 5.41) is 2.58. The van der Waals surface area contributed by atoms with Crippen LogP contribution in [-0.2, 0) is 32.6 Å². The van der Waals surface area contributed by atoms with Gasteiger partial charge in [-0.1, -0.05) is 55.0 Å². The van der Waals surface area contributed by atoms with E-state index in [0.717, 1.165) is 21.0 Å². The van der Waals surface area contributed by atoms with Crippen molar-refractivity contribution >= 4 is 27.5 Å². The second-order valence-electron chi connectivity index (χ2n) is 8.97. The van der Waals surface area contributed by atoms with Crippen LogP contribution in [0.4, 0.5) is 5.69 Å². The van der Waals surface area contributed by atoms with Gasteiger partial charge in [0.15, 0.2) is 0 Å². The number of para-hydroxylation sites is 1. The molecule has 0 aliphatic heterocycles. The van der Waals surface area contributed by atoms with E-state index in [0.29, 0.717) is 17.9 Å². The fourth-order valence-electron chi connectivity index (χ4n) is 4.12. The first-order chi connectivity index (χ1) is 18.1. The van der Waals surface area contributed by atoms with Crippen LogP contribution in [0.3, 0.4) is 0 Å². The van der Waals surface area contributed by atoms with Gasteiger partial charge in [0.2, 0.25) is 11.8 Å². The molecule has 2 amide bonds. The van der Waals surface area contributed by atoms with Gasteiger partial charge >= 0.3 is 0 Å². The van der Waals surface area contributed by atoms with Crippen LogP contribution in [0.5, 0.6) is 5.75 Å². The Morgan fingerprint density at radius 2 is 1.61 bits per heavy atom. The van der Waals surface area contributed by atoms with E-state index in [-0.39, 0.29) is 17.3 Å². The van der Waals surface area contributed by atoms with Crippen LogP contribution in [0, 0.1) is 6.92 Å². The molecule has 1 atom stereocenters. The lowest BCUT2D eigenvalue weighted by Gasteiger charge is -2.32. The number of carbonyl (C=O) groups is 2. The van der Waals surface area contributed by atoms with Crippen molar-refractivity contribution in [2.24, 2.45) is 0 Å². The van der Waals surface area contributed by atoms with Gasteiger partial charge in [0, 0.05) is 13.6 Å². The standard InChI is InChI=1S/C29H35N3O5S/c1-6-24-9-7-8-10-27(24)32(38(35,36)26-17-11-21(2)12-18-26)20-28(33)31(22(3)29(34)30-4)19-23-13-15-25(37-5)16-14-23/h7-18,22H,6,19-20H2,1-5H3,(H,30,34)/t22-/m1/s1. The number of anilines is 1. The van der Waals surface area contributed by atoms with Crippen LogP contribution in [-0.4, -0.2) is 51.9 Å². The molecule has 3 aromatic rings. The van der Waals surface area contributed by atoms with E-state index in [4.69, 9.17) is 4.74 Å². The fourth-order valence-corrected chi connectivity index (χ4v) is 5.58. The summed E-state index contributed by atoms with van der Waals surface area (Å²) in [6.07, 6.45) is 0.578. The Morgan fingerprint density at radius 1 is 0.974 bits per heavy atom. The summed E-state index contributed by atoms with van der Waals surface area (Å²) in [5.74, 6) is -0.190. The average Bonchev–Trinajstić information content (AvgIpc) is 2.94. The molecule has 38 heavy (non-hydrogen) atoms.